The van der Waals surface area contributed by atoms with Gasteiger partial charge in [-0.2, -0.15) is 0 Å². The Kier molecular flexibility index (Phi) is 2.40. The maximum atomic E-state index is 2.23. The molecule has 42 valence electrons. The third-order valence-corrected chi connectivity index (χ3v) is 5.60. The smallest absolute Gasteiger partial charge is 0.00241 e. The normalized spacial score (nSPS) is 23.6. The Morgan fingerprint density at radius 1 is 1.29 bits per heavy atom. The van der Waals surface area contributed by atoms with Gasteiger partial charge in [0.05, 0.1) is 20.7 Å². The second-order valence-corrected chi connectivity index (χ2v) is 6.17. The fraction of sp³-hybridized carbons (Fsp3) is 1.00. The van der Waals surface area contributed by atoms with Crippen LogP contribution in [-0.2, 0) is 9.93 Å². The van der Waals surface area contributed by atoms with Crippen molar-refractivity contribution in [2.24, 2.45) is 0 Å². The number of rotatable bonds is 1. The minimum Gasteiger partial charge on any atom is -0.00241 e. The summed E-state index contributed by atoms with van der Waals surface area (Å²) in [6.07, 6.45) is 5.21. The van der Waals surface area contributed by atoms with Crippen LogP contribution in [0.3, 0.4) is 0 Å². The fourth-order valence-corrected chi connectivity index (χ4v) is 4.09. The van der Waals surface area contributed by atoms with Crippen LogP contribution in [0.1, 0.15) is 12.8 Å². The van der Waals surface area contributed by atoms with Gasteiger partial charge < -0.3 is 0 Å². The lowest BCUT2D eigenvalue weighted by Crippen LogP contribution is -1.93. The summed E-state index contributed by atoms with van der Waals surface area (Å²) in [5.41, 5.74) is 0. The molecule has 0 bridgehead atoms. The predicted molar refractivity (Wildman–Crippen MR) is 39.8 cm³/mol. The molecule has 1 aliphatic heterocycles. The van der Waals surface area contributed by atoms with Crippen molar-refractivity contribution in [3.63, 3.8) is 0 Å². The van der Waals surface area contributed by atoms with Gasteiger partial charge in [-0.15, -0.1) is 0 Å². The first-order valence-electron chi connectivity index (χ1n) is 2.65. The molecule has 0 atom stereocenters. The second kappa shape index (κ2) is 2.88. The molecule has 0 aromatic heterocycles. The van der Waals surface area contributed by atoms with Crippen molar-refractivity contribution >= 4 is 20.7 Å². The first-order chi connectivity index (χ1) is 3.43. The highest BCUT2D eigenvalue weighted by atomic mass is 33.1. The summed E-state index contributed by atoms with van der Waals surface area (Å²) in [5, 5.41) is 0. The van der Waals surface area contributed by atoms with Crippen LogP contribution in [-0.4, -0.2) is 17.8 Å². The van der Waals surface area contributed by atoms with Gasteiger partial charge in [-0.05, 0) is 12.8 Å². The zero-order valence-electron chi connectivity index (χ0n) is 4.64. The van der Waals surface area contributed by atoms with Gasteiger partial charge in [0.2, 0.25) is 0 Å². The van der Waals surface area contributed by atoms with E-state index in [4.69, 9.17) is 0 Å². The van der Waals surface area contributed by atoms with E-state index in [0.29, 0.717) is 0 Å². The molecule has 0 aliphatic carbocycles. The number of hydrogen-bond acceptors (Lipinski definition) is 1. The molecule has 0 N–H and O–H groups in total. The molecule has 1 aliphatic rings. The van der Waals surface area contributed by atoms with Crippen LogP contribution in [0.2, 0.25) is 0 Å². The molecule has 0 unspecified atom stereocenters. The Labute approximate surface area is 51.8 Å². The van der Waals surface area contributed by atoms with Gasteiger partial charge in [-0.1, -0.05) is 0 Å². The molecule has 0 amide bonds. The summed E-state index contributed by atoms with van der Waals surface area (Å²) in [6, 6.07) is 0. The van der Waals surface area contributed by atoms with Crippen molar-refractivity contribution < 1.29 is 0 Å². The average Bonchev–Trinajstić information content (AvgIpc) is 2.14. The van der Waals surface area contributed by atoms with Crippen LogP contribution in [0.4, 0.5) is 0 Å². The van der Waals surface area contributed by atoms with E-state index in [0.717, 1.165) is 9.93 Å². The van der Waals surface area contributed by atoms with Gasteiger partial charge >= 0.3 is 0 Å². The molecule has 0 aromatic carbocycles. The molecule has 0 saturated carbocycles. The van der Waals surface area contributed by atoms with E-state index in [1.807, 2.05) is 0 Å². The highest BCUT2D eigenvalue weighted by Crippen LogP contribution is 2.22. The van der Waals surface area contributed by atoms with Gasteiger partial charge in [-0.25, -0.2) is 0 Å². The summed E-state index contributed by atoms with van der Waals surface area (Å²) in [5.74, 6) is 3.00. The van der Waals surface area contributed by atoms with Crippen molar-refractivity contribution in [2.45, 2.75) is 12.8 Å². The lowest BCUT2D eigenvalue weighted by Gasteiger charge is -1.87. The molecule has 7 heavy (non-hydrogen) atoms. The topological polar surface area (TPSA) is 0 Å². The quantitative estimate of drug-likeness (QED) is 0.389. The van der Waals surface area contributed by atoms with Gasteiger partial charge in [0.15, 0.2) is 0 Å². The molecule has 1 fully saturated rings. The minimum atomic E-state index is 0.782. The van der Waals surface area contributed by atoms with Gasteiger partial charge in [0, 0.05) is 6.26 Å². The third-order valence-electron chi connectivity index (χ3n) is 1.23. The zero-order valence-corrected chi connectivity index (χ0v) is 6.28. The molecule has 1 saturated heterocycles. The first kappa shape index (κ1) is 5.83. The van der Waals surface area contributed by atoms with Gasteiger partial charge in [0.1, 0.15) is 11.5 Å². The second-order valence-electron chi connectivity index (χ2n) is 1.72. The largest absolute Gasteiger partial charge is 0.120 e. The molecule has 0 spiro atoms. The molecular formula is C5H11S2+. The number of hydrogen-bond donors (Lipinski definition) is 0. The van der Waals surface area contributed by atoms with E-state index in [9.17, 15) is 0 Å². The van der Waals surface area contributed by atoms with Crippen LogP contribution in [0.25, 0.3) is 0 Å². The van der Waals surface area contributed by atoms with Crippen LogP contribution in [0.5, 0.6) is 0 Å². The Morgan fingerprint density at radius 3 is 2.14 bits per heavy atom. The SMILES string of the molecule is CS[S+]1CCCC1. The van der Waals surface area contributed by atoms with Crippen molar-refractivity contribution in [1.82, 2.24) is 0 Å². The monoisotopic (exact) mass is 135 g/mol. The molecule has 0 nitrogen and oxygen atoms in total. The van der Waals surface area contributed by atoms with E-state index < -0.39 is 0 Å². The van der Waals surface area contributed by atoms with E-state index in [1.165, 1.54) is 24.3 Å². The zero-order chi connectivity index (χ0) is 5.11. The van der Waals surface area contributed by atoms with E-state index >= 15 is 0 Å². The lowest BCUT2D eigenvalue weighted by atomic mass is 10.4. The summed E-state index contributed by atoms with van der Waals surface area (Å²) in [7, 11) is 2.84. The van der Waals surface area contributed by atoms with E-state index in [2.05, 4.69) is 17.0 Å². The highest BCUT2D eigenvalue weighted by Gasteiger charge is 2.22. The fourth-order valence-electron chi connectivity index (χ4n) is 0.795. The standard InChI is InChI=1S/C5H11S2/c1-6-7-4-2-3-5-7/h2-5H2,1H3/q+1. The molecule has 1 heterocycles. The Bertz CT molecular complexity index is 48.0. The Hall–Kier alpha value is 0.700. The van der Waals surface area contributed by atoms with Crippen molar-refractivity contribution in [3.05, 3.63) is 0 Å². The van der Waals surface area contributed by atoms with Crippen molar-refractivity contribution in [3.8, 4) is 0 Å². The minimum absolute atomic E-state index is 0.782. The first-order valence-corrected chi connectivity index (χ1v) is 5.96. The average molecular weight is 135 g/mol. The van der Waals surface area contributed by atoms with Gasteiger partial charge in [0.25, 0.3) is 0 Å². The van der Waals surface area contributed by atoms with E-state index in [1.54, 1.807) is 0 Å². The maximum absolute atomic E-state index is 2.23. The van der Waals surface area contributed by atoms with Crippen LogP contribution in [0, 0.1) is 0 Å². The van der Waals surface area contributed by atoms with Crippen molar-refractivity contribution in [2.75, 3.05) is 17.8 Å². The molecule has 2 heteroatoms. The predicted octanol–water partition coefficient (Wildman–Crippen LogP) is 1.68. The van der Waals surface area contributed by atoms with Crippen LogP contribution >= 0.6 is 10.8 Å². The Morgan fingerprint density at radius 2 is 1.86 bits per heavy atom. The van der Waals surface area contributed by atoms with Gasteiger partial charge in [-0.3, -0.25) is 0 Å². The third kappa shape index (κ3) is 1.57. The molecular weight excluding hydrogens is 124 g/mol. The van der Waals surface area contributed by atoms with Crippen LogP contribution in [0.15, 0.2) is 0 Å². The summed E-state index contributed by atoms with van der Waals surface area (Å²) in [4.78, 5) is 0. The summed E-state index contributed by atoms with van der Waals surface area (Å²) < 4.78 is 0. The maximum Gasteiger partial charge on any atom is 0.120 e. The molecule has 0 aromatic rings. The summed E-state index contributed by atoms with van der Waals surface area (Å²) >= 11 is 0. The van der Waals surface area contributed by atoms with Crippen LogP contribution < -0.4 is 0 Å². The van der Waals surface area contributed by atoms with Crippen molar-refractivity contribution in [1.29, 1.82) is 0 Å². The van der Waals surface area contributed by atoms with E-state index in [-0.39, 0.29) is 0 Å². The highest BCUT2D eigenvalue weighted by molar-refractivity contribution is 8.74. The molecule has 1 rings (SSSR count). The lowest BCUT2D eigenvalue weighted by molar-refractivity contribution is 0.949. The Balaban J connectivity index is 2.14. The summed E-state index contributed by atoms with van der Waals surface area (Å²) in [6.45, 7) is 0. The molecule has 0 radical (unpaired) electrons.